The van der Waals surface area contributed by atoms with Gasteiger partial charge in [-0.3, -0.25) is 4.79 Å². The molecule has 2 heterocycles. The van der Waals surface area contributed by atoms with Crippen molar-refractivity contribution in [3.8, 4) is 5.75 Å². The normalized spacial score (nSPS) is 21.8. The van der Waals surface area contributed by atoms with Crippen LogP contribution >= 0.6 is 0 Å². The first-order valence-electron chi connectivity index (χ1n) is 10.3. The van der Waals surface area contributed by atoms with Gasteiger partial charge in [-0.2, -0.15) is 4.31 Å². The van der Waals surface area contributed by atoms with Gasteiger partial charge in [0.2, 0.25) is 10.0 Å². The molecule has 0 aliphatic carbocycles. The Morgan fingerprint density at radius 3 is 2.44 bits per heavy atom. The van der Waals surface area contributed by atoms with Gasteiger partial charge in [-0.15, -0.1) is 0 Å². The van der Waals surface area contributed by atoms with Crippen molar-refractivity contribution < 1.29 is 35.9 Å². The van der Waals surface area contributed by atoms with Crippen LogP contribution in [0.15, 0.2) is 23.1 Å². The number of sulfonamides is 1. The van der Waals surface area contributed by atoms with E-state index in [1.165, 1.54) is 48.5 Å². The molecule has 1 aromatic rings. The van der Waals surface area contributed by atoms with Crippen LogP contribution in [0.1, 0.15) is 36.5 Å². The average molecular weight is 489 g/mol. The number of benzene rings is 1. The summed E-state index contributed by atoms with van der Waals surface area (Å²) in [6.07, 6.45) is 0.690. The molecule has 2 atom stereocenters. The summed E-state index contributed by atoms with van der Waals surface area (Å²) in [5, 5.41) is 0. The van der Waals surface area contributed by atoms with Crippen LogP contribution in [0.2, 0.25) is 0 Å². The average Bonchev–Trinajstić information content (AvgIpc) is 3.42. The largest absolute Gasteiger partial charge is 0.495 e. The zero-order chi connectivity index (χ0) is 23.7. The van der Waals surface area contributed by atoms with Crippen molar-refractivity contribution >= 4 is 31.7 Å². The minimum atomic E-state index is -3.85. The van der Waals surface area contributed by atoms with Gasteiger partial charge < -0.3 is 14.4 Å². The molecule has 12 heteroatoms. The minimum absolute atomic E-state index is 0.0174. The Morgan fingerprint density at radius 2 is 1.88 bits per heavy atom. The van der Waals surface area contributed by atoms with E-state index in [1.807, 2.05) is 0 Å². The van der Waals surface area contributed by atoms with Gasteiger partial charge in [-0.05, 0) is 44.4 Å². The van der Waals surface area contributed by atoms with E-state index in [2.05, 4.69) is 0 Å². The second kappa shape index (κ2) is 9.36. The number of amides is 1. The molecule has 178 valence electrons. The van der Waals surface area contributed by atoms with Crippen LogP contribution in [0.25, 0.3) is 0 Å². The SMILES string of the molecule is COc1ccc(C(=O)OC(C)C(=O)N(C)C2CCS(=O)(=O)C2)cc1S(=O)(=O)N1CCCC1. The summed E-state index contributed by atoms with van der Waals surface area (Å²) >= 11 is 0. The third-order valence-electron chi connectivity index (χ3n) is 5.82. The van der Waals surface area contributed by atoms with E-state index in [0.717, 1.165) is 12.8 Å². The lowest BCUT2D eigenvalue weighted by Crippen LogP contribution is -2.44. The van der Waals surface area contributed by atoms with Gasteiger partial charge in [0.1, 0.15) is 10.6 Å². The number of ether oxygens (including phenoxy) is 2. The number of hydrogen-bond acceptors (Lipinski definition) is 8. The number of rotatable bonds is 7. The molecule has 32 heavy (non-hydrogen) atoms. The number of esters is 1. The van der Waals surface area contributed by atoms with Crippen LogP contribution in [0.4, 0.5) is 0 Å². The molecule has 2 aliphatic heterocycles. The number of likely N-dealkylation sites (N-methyl/N-ethyl adjacent to an activating group) is 1. The highest BCUT2D eigenvalue weighted by molar-refractivity contribution is 7.91. The standard InChI is InChI=1S/C20H28N2O8S2/c1-14(19(23)21(2)16-8-11-31(25,26)13-16)30-20(24)15-6-7-17(29-3)18(12-15)32(27,28)22-9-4-5-10-22/h6-7,12,14,16H,4-5,8-11,13H2,1-3H3. The van der Waals surface area contributed by atoms with Crippen molar-refractivity contribution in [2.75, 3.05) is 38.8 Å². The third-order valence-corrected chi connectivity index (χ3v) is 9.49. The molecule has 1 amide bonds. The summed E-state index contributed by atoms with van der Waals surface area (Å²) in [6.45, 7) is 2.19. The smallest absolute Gasteiger partial charge is 0.338 e. The Labute approximate surface area is 188 Å². The third kappa shape index (κ3) is 5.07. The second-order valence-electron chi connectivity index (χ2n) is 8.03. The first-order chi connectivity index (χ1) is 15.0. The van der Waals surface area contributed by atoms with Gasteiger partial charge in [-0.25, -0.2) is 21.6 Å². The predicted molar refractivity (Wildman–Crippen MR) is 116 cm³/mol. The maximum Gasteiger partial charge on any atom is 0.338 e. The molecule has 2 aliphatic rings. The molecule has 0 bridgehead atoms. The van der Waals surface area contributed by atoms with Gasteiger partial charge in [-0.1, -0.05) is 0 Å². The molecule has 0 N–H and O–H groups in total. The quantitative estimate of drug-likeness (QED) is 0.513. The lowest BCUT2D eigenvalue weighted by atomic mass is 10.2. The Bertz CT molecular complexity index is 1090. The molecule has 0 spiro atoms. The zero-order valence-electron chi connectivity index (χ0n) is 18.3. The first-order valence-corrected chi connectivity index (χ1v) is 13.6. The Morgan fingerprint density at radius 1 is 1.22 bits per heavy atom. The number of carbonyl (C=O) groups is 2. The number of carbonyl (C=O) groups excluding carboxylic acids is 2. The number of hydrogen-bond donors (Lipinski definition) is 0. The Hall–Kier alpha value is -2.18. The van der Waals surface area contributed by atoms with Crippen molar-refractivity contribution in [1.29, 1.82) is 0 Å². The van der Waals surface area contributed by atoms with Crippen LogP contribution < -0.4 is 4.74 Å². The summed E-state index contributed by atoms with van der Waals surface area (Å²) in [5.41, 5.74) is -0.0330. The molecule has 0 saturated carbocycles. The van der Waals surface area contributed by atoms with Crippen LogP contribution in [-0.4, -0.2) is 88.8 Å². The summed E-state index contributed by atoms with van der Waals surface area (Å²) in [7, 11) is -4.20. The zero-order valence-corrected chi connectivity index (χ0v) is 19.9. The van der Waals surface area contributed by atoms with Gasteiger partial charge >= 0.3 is 5.97 Å². The topological polar surface area (TPSA) is 127 Å². The van der Waals surface area contributed by atoms with E-state index >= 15 is 0 Å². The fraction of sp³-hybridized carbons (Fsp3) is 0.600. The number of methoxy groups -OCH3 is 1. The molecule has 3 rings (SSSR count). The molecule has 2 saturated heterocycles. The van der Waals surface area contributed by atoms with E-state index in [0.29, 0.717) is 19.5 Å². The fourth-order valence-corrected chi connectivity index (χ4v) is 7.37. The molecule has 10 nitrogen and oxygen atoms in total. The highest BCUT2D eigenvalue weighted by atomic mass is 32.2. The highest BCUT2D eigenvalue weighted by Crippen LogP contribution is 2.30. The second-order valence-corrected chi connectivity index (χ2v) is 12.2. The van der Waals surface area contributed by atoms with Crippen molar-refractivity contribution in [2.24, 2.45) is 0 Å². The number of nitrogens with zero attached hydrogens (tertiary/aromatic N) is 2. The van der Waals surface area contributed by atoms with Crippen LogP contribution in [0.3, 0.4) is 0 Å². The molecular weight excluding hydrogens is 460 g/mol. The molecule has 2 fully saturated rings. The van der Waals surface area contributed by atoms with E-state index in [1.54, 1.807) is 0 Å². The van der Waals surface area contributed by atoms with Crippen LogP contribution in [0, 0.1) is 0 Å². The van der Waals surface area contributed by atoms with E-state index in [4.69, 9.17) is 9.47 Å². The van der Waals surface area contributed by atoms with Crippen molar-refractivity contribution in [3.05, 3.63) is 23.8 Å². The minimum Gasteiger partial charge on any atom is -0.495 e. The van der Waals surface area contributed by atoms with E-state index in [9.17, 15) is 26.4 Å². The van der Waals surface area contributed by atoms with Gasteiger partial charge in [0.05, 0.1) is 24.2 Å². The van der Waals surface area contributed by atoms with Crippen molar-refractivity contribution in [2.45, 2.75) is 43.2 Å². The monoisotopic (exact) mass is 488 g/mol. The number of sulfone groups is 1. The summed E-state index contributed by atoms with van der Waals surface area (Å²) < 4.78 is 61.1. The van der Waals surface area contributed by atoms with E-state index in [-0.39, 0.29) is 27.7 Å². The van der Waals surface area contributed by atoms with Gasteiger partial charge in [0, 0.05) is 26.2 Å². The lowest BCUT2D eigenvalue weighted by Gasteiger charge is -2.26. The summed E-state index contributed by atoms with van der Waals surface area (Å²) in [5.74, 6) is -1.38. The predicted octanol–water partition coefficient (Wildman–Crippen LogP) is 0.671. The summed E-state index contributed by atoms with van der Waals surface area (Å²) in [4.78, 5) is 26.5. The molecule has 2 unspecified atom stereocenters. The fourth-order valence-electron chi connectivity index (χ4n) is 3.90. The molecular formula is C20H28N2O8S2. The Kier molecular flexibility index (Phi) is 7.15. The van der Waals surface area contributed by atoms with Crippen LogP contribution in [-0.2, 0) is 29.4 Å². The molecule has 1 aromatic carbocycles. The summed E-state index contributed by atoms with van der Waals surface area (Å²) in [6, 6.07) is 3.47. The van der Waals surface area contributed by atoms with Crippen molar-refractivity contribution in [1.82, 2.24) is 9.21 Å². The molecule has 0 aromatic heterocycles. The Balaban J connectivity index is 1.75. The maximum absolute atomic E-state index is 13.0. The lowest BCUT2D eigenvalue weighted by molar-refractivity contribution is -0.140. The van der Waals surface area contributed by atoms with E-state index < -0.39 is 43.9 Å². The van der Waals surface area contributed by atoms with Gasteiger partial charge in [0.25, 0.3) is 5.91 Å². The first kappa shape index (κ1) is 24.5. The van der Waals surface area contributed by atoms with Crippen LogP contribution in [0.5, 0.6) is 5.75 Å². The maximum atomic E-state index is 13.0. The van der Waals surface area contributed by atoms with Gasteiger partial charge in [0.15, 0.2) is 15.9 Å². The highest BCUT2D eigenvalue weighted by Gasteiger charge is 2.35. The van der Waals surface area contributed by atoms with Crippen molar-refractivity contribution in [3.63, 3.8) is 0 Å². The molecule has 0 radical (unpaired) electrons.